The number of alkyl halides is 1. The molecule has 19 heavy (non-hydrogen) atoms. The maximum Gasteiger partial charge on any atom is 0.251 e. The van der Waals surface area contributed by atoms with Crippen molar-refractivity contribution in [1.82, 2.24) is 15.3 Å². The number of carbonyl (C=O) groups excluding carboxylic acids is 1. The van der Waals surface area contributed by atoms with Gasteiger partial charge in [0, 0.05) is 18.0 Å². The maximum absolute atomic E-state index is 12.2. The van der Waals surface area contributed by atoms with Crippen molar-refractivity contribution in [3.8, 4) is 0 Å². The van der Waals surface area contributed by atoms with Gasteiger partial charge in [0.1, 0.15) is 0 Å². The fraction of sp³-hybridized carbons (Fsp3) is 0.357. The molecule has 0 aliphatic heterocycles. The summed E-state index contributed by atoms with van der Waals surface area (Å²) in [5, 5.41) is 2.75. The maximum atomic E-state index is 12.2. The van der Waals surface area contributed by atoms with Crippen LogP contribution in [0.1, 0.15) is 31.1 Å². The summed E-state index contributed by atoms with van der Waals surface area (Å²) in [5.41, 5.74) is 1.55. The summed E-state index contributed by atoms with van der Waals surface area (Å²) in [6.45, 7) is 5.64. The molecule has 4 nitrogen and oxygen atoms in total. The van der Waals surface area contributed by atoms with Gasteiger partial charge in [-0.05, 0) is 39.0 Å². The van der Waals surface area contributed by atoms with Crippen molar-refractivity contribution in [2.45, 2.75) is 31.7 Å². The van der Waals surface area contributed by atoms with Crippen LogP contribution in [-0.2, 0) is 0 Å². The molecule has 1 aromatic heterocycles. The molecule has 0 fully saturated rings. The monoisotopic (exact) mass is 277 g/mol. The van der Waals surface area contributed by atoms with E-state index in [0.717, 1.165) is 5.52 Å². The van der Waals surface area contributed by atoms with Gasteiger partial charge in [-0.3, -0.25) is 14.8 Å². The number of carbonyl (C=O) groups is 1. The van der Waals surface area contributed by atoms with E-state index in [1.165, 1.54) is 0 Å². The highest BCUT2D eigenvalue weighted by molar-refractivity contribution is 6.21. The second-order valence-electron chi connectivity index (χ2n) is 5.05. The summed E-state index contributed by atoms with van der Waals surface area (Å²) in [7, 11) is 0. The van der Waals surface area contributed by atoms with Crippen LogP contribution in [-0.4, -0.2) is 26.8 Å². The Bertz CT molecular complexity index is 610. The Morgan fingerprint density at radius 2 is 1.89 bits per heavy atom. The molecule has 1 unspecified atom stereocenters. The van der Waals surface area contributed by atoms with Gasteiger partial charge in [-0.15, -0.1) is 11.6 Å². The van der Waals surface area contributed by atoms with E-state index in [9.17, 15) is 4.79 Å². The molecule has 0 bridgehead atoms. The van der Waals surface area contributed by atoms with E-state index >= 15 is 0 Å². The lowest BCUT2D eigenvalue weighted by Crippen LogP contribution is -2.49. The molecule has 1 heterocycles. The van der Waals surface area contributed by atoms with Crippen molar-refractivity contribution in [3.05, 3.63) is 36.2 Å². The summed E-state index contributed by atoms with van der Waals surface area (Å²) >= 11 is 6.06. The van der Waals surface area contributed by atoms with Crippen LogP contribution >= 0.6 is 11.6 Å². The van der Waals surface area contributed by atoms with Crippen LogP contribution in [0.4, 0.5) is 0 Å². The fourth-order valence-electron chi connectivity index (χ4n) is 1.57. The molecule has 100 valence electrons. The molecular weight excluding hydrogens is 262 g/mol. The largest absolute Gasteiger partial charge is 0.346 e. The number of aromatic nitrogens is 2. The van der Waals surface area contributed by atoms with Crippen molar-refractivity contribution in [2.75, 3.05) is 0 Å². The molecular formula is C14H16ClN3O. The Morgan fingerprint density at radius 3 is 2.53 bits per heavy atom. The smallest absolute Gasteiger partial charge is 0.251 e. The Hall–Kier alpha value is -1.68. The third-order valence-electron chi connectivity index (χ3n) is 3.16. The number of amides is 1. The lowest BCUT2D eigenvalue weighted by Gasteiger charge is -2.28. The lowest BCUT2D eigenvalue weighted by molar-refractivity contribution is 0.0912. The molecule has 0 saturated heterocycles. The van der Waals surface area contributed by atoms with E-state index in [0.29, 0.717) is 11.1 Å². The van der Waals surface area contributed by atoms with Gasteiger partial charge in [0.25, 0.3) is 5.91 Å². The molecule has 1 atom stereocenters. The quantitative estimate of drug-likeness (QED) is 0.878. The van der Waals surface area contributed by atoms with Crippen LogP contribution in [0.2, 0.25) is 0 Å². The molecule has 0 radical (unpaired) electrons. The first kappa shape index (κ1) is 13.7. The SMILES string of the molecule is CC(Cl)C(C)(C)NC(=O)c1ccc2nccnc2c1. The Kier molecular flexibility index (Phi) is 3.71. The van der Waals surface area contributed by atoms with Gasteiger partial charge in [-0.1, -0.05) is 0 Å². The fourth-order valence-corrected chi connectivity index (χ4v) is 1.62. The summed E-state index contributed by atoms with van der Waals surface area (Å²) in [6.07, 6.45) is 3.23. The molecule has 0 spiro atoms. The second-order valence-corrected chi connectivity index (χ2v) is 5.71. The number of nitrogens with zero attached hydrogens (tertiary/aromatic N) is 2. The normalized spacial score (nSPS) is 13.3. The summed E-state index contributed by atoms with van der Waals surface area (Å²) in [4.78, 5) is 20.5. The third-order valence-corrected chi connectivity index (χ3v) is 3.71. The first-order valence-corrected chi connectivity index (χ1v) is 6.51. The summed E-state index contributed by atoms with van der Waals surface area (Å²) in [6, 6.07) is 5.25. The van der Waals surface area contributed by atoms with E-state index in [-0.39, 0.29) is 11.3 Å². The van der Waals surface area contributed by atoms with Gasteiger partial charge in [0.05, 0.1) is 21.9 Å². The number of fused-ring (bicyclic) bond motifs is 1. The first-order valence-electron chi connectivity index (χ1n) is 6.07. The van der Waals surface area contributed by atoms with Crippen LogP contribution in [0.3, 0.4) is 0 Å². The van der Waals surface area contributed by atoms with E-state index in [2.05, 4.69) is 15.3 Å². The second kappa shape index (κ2) is 5.13. The molecule has 1 amide bonds. The van der Waals surface area contributed by atoms with Gasteiger partial charge < -0.3 is 5.32 Å². The van der Waals surface area contributed by atoms with Gasteiger partial charge in [0.2, 0.25) is 0 Å². The van der Waals surface area contributed by atoms with Crippen molar-refractivity contribution < 1.29 is 4.79 Å². The van der Waals surface area contributed by atoms with E-state index in [1.54, 1.807) is 30.6 Å². The highest BCUT2D eigenvalue weighted by Crippen LogP contribution is 2.17. The van der Waals surface area contributed by atoms with E-state index < -0.39 is 5.54 Å². The average molecular weight is 278 g/mol. The van der Waals surface area contributed by atoms with Crippen molar-refractivity contribution >= 4 is 28.5 Å². The number of benzene rings is 1. The van der Waals surface area contributed by atoms with Crippen LogP contribution in [0.5, 0.6) is 0 Å². The standard InChI is InChI=1S/C14H16ClN3O/c1-9(15)14(2,3)18-13(19)10-4-5-11-12(8-10)17-7-6-16-11/h4-9H,1-3H3,(H,18,19). The Labute approximate surface area is 117 Å². The molecule has 0 saturated carbocycles. The molecule has 2 rings (SSSR count). The minimum absolute atomic E-state index is 0.162. The third kappa shape index (κ3) is 3.01. The highest BCUT2D eigenvalue weighted by atomic mass is 35.5. The Balaban J connectivity index is 2.27. The topological polar surface area (TPSA) is 54.9 Å². The first-order chi connectivity index (χ1) is 8.90. The van der Waals surface area contributed by atoms with Crippen LogP contribution in [0, 0.1) is 0 Å². The zero-order valence-electron chi connectivity index (χ0n) is 11.1. The number of hydrogen-bond donors (Lipinski definition) is 1. The predicted molar refractivity (Wildman–Crippen MR) is 76.4 cm³/mol. The van der Waals surface area contributed by atoms with E-state index in [1.807, 2.05) is 20.8 Å². The Morgan fingerprint density at radius 1 is 1.26 bits per heavy atom. The van der Waals surface area contributed by atoms with Crippen molar-refractivity contribution in [2.24, 2.45) is 0 Å². The molecule has 0 aliphatic carbocycles. The van der Waals surface area contributed by atoms with Crippen molar-refractivity contribution in [1.29, 1.82) is 0 Å². The van der Waals surface area contributed by atoms with Gasteiger partial charge in [-0.2, -0.15) is 0 Å². The predicted octanol–water partition coefficient (Wildman–Crippen LogP) is 2.77. The van der Waals surface area contributed by atoms with E-state index in [4.69, 9.17) is 11.6 Å². The zero-order valence-corrected chi connectivity index (χ0v) is 11.9. The van der Waals surface area contributed by atoms with Crippen LogP contribution in [0.15, 0.2) is 30.6 Å². The van der Waals surface area contributed by atoms with Crippen LogP contribution in [0.25, 0.3) is 11.0 Å². The molecule has 1 N–H and O–H groups in total. The van der Waals surface area contributed by atoms with Gasteiger partial charge in [0.15, 0.2) is 0 Å². The minimum atomic E-state index is -0.476. The highest BCUT2D eigenvalue weighted by Gasteiger charge is 2.26. The summed E-state index contributed by atoms with van der Waals surface area (Å²) in [5.74, 6) is -0.162. The van der Waals surface area contributed by atoms with Gasteiger partial charge >= 0.3 is 0 Å². The van der Waals surface area contributed by atoms with Gasteiger partial charge in [-0.25, -0.2) is 0 Å². The minimum Gasteiger partial charge on any atom is -0.346 e. The number of nitrogens with one attached hydrogen (secondary N) is 1. The summed E-state index contributed by atoms with van der Waals surface area (Å²) < 4.78 is 0. The number of hydrogen-bond acceptors (Lipinski definition) is 3. The zero-order chi connectivity index (χ0) is 14.0. The molecule has 0 aliphatic rings. The molecule has 5 heteroatoms. The average Bonchev–Trinajstić information content (AvgIpc) is 2.37. The molecule has 2 aromatic rings. The number of halogens is 1. The van der Waals surface area contributed by atoms with Crippen LogP contribution < -0.4 is 5.32 Å². The molecule has 1 aromatic carbocycles. The van der Waals surface area contributed by atoms with Crippen molar-refractivity contribution in [3.63, 3.8) is 0 Å². The number of rotatable bonds is 3. The lowest BCUT2D eigenvalue weighted by atomic mass is 10.0.